The summed E-state index contributed by atoms with van der Waals surface area (Å²) in [5.41, 5.74) is 1.87. The Labute approximate surface area is 86.1 Å². The summed E-state index contributed by atoms with van der Waals surface area (Å²) in [6, 6.07) is 7.34. The van der Waals surface area contributed by atoms with Gasteiger partial charge >= 0.3 is 0 Å². The molecule has 0 fully saturated rings. The molecule has 0 radical (unpaired) electrons. The maximum atomic E-state index is 11.9. The lowest BCUT2D eigenvalue weighted by Gasteiger charge is -1.94. The molecule has 0 atom stereocenters. The number of rotatable bonds is 1. The van der Waals surface area contributed by atoms with Gasteiger partial charge in [-0.25, -0.2) is 4.98 Å². The average Bonchev–Trinajstić information content (AvgIpc) is 2.80. The zero-order chi connectivity index (χ0) is 10.4. The third kappa shape index (κ3) is 0.944. The van der Waals surface area contributed by atoms with Gasteiger partial charge in [-0.15, -0.1) is 0 Å². The second kappa shape index (κ2) is 2.67. The summed E-state index contributed by atoms with van der Waals surface area (Å²) in [5, 5.41) is 0. The molecule has 2 aromatic rings. The Bertz CT molecular complexity index is 581. The summed E-state index contributed by atoms with van der Waals surface area (Å²) in [6.45, 7) is 3.56. The number of fused-ring (bicyclic) bond motifs is 3. The van der Waals surface area contributed by atoms with Crippen LogP contribution in [0.25, 0.3) is 17.4 Å². The Balaban J connectivity index is 2.34. The Hall–Kier alpha value is -2.16. The fourth-order valence-corrected chi connectivity index (χ4v) is 1.77. The van der Waals surface area contributed by atoms with E-state index in [-0.39, 0.29) is 5.78 Å². The van der Waals surface area contributed by atoms with E-state index in [1.54, 1.807) is 6.07 Å². The molecule has 1 aliphatic rings. The summed E-state index contributed by atoms with van der Waals surface area (Å²) in [7, 11) is 0. The van der Waals surface area contributed by atoms with Gasteiger partial charge < -0.3 is 4.42 Å². The summed E-state index contributed by atoms with van der Waals surface area (Å²) in [4.78, 5) is 15.9. The van der Waals surface area contributed by atoms with Crippen molar-refractivity contribution in [2.24, 2.45) is 0 Å². The predicted octanol–water partition coefficient (Wildman–Crippen LogP) is 2.53. The SMILES string of the molecule is C=Cc1nc2c(o1)-c1ccccc1C2=O. The van der Waals surface area contributed by atoms with Crippen molar-refractivity contribution in [3.8, 4) is 11.3 Å². The standard InChI is InChI=1S/C12H7NO2/c1-2-9-13-10-11(14)7-5-3-4-6-8(7)12(10)15-9/h2-6H,1H2. The zero-order valence-electron chi connectivity index (χ0n) is 7.86. The predicted molar refractivity (Wildman–Crippen MR) is 55.5 cm³/mol. The quantitative estimate of drug-likeness (QED) is 0.602. The van der Waals surface area contributed by atoms with Crippen LogP contribution >= 0.6 is 0 Å². The Morgan fingerprint density at radius 2 is 2.00 bits per heavy atom. The Morgan fingerprint density at radius 3 is 2.73 bits per heavy atom. The maximum Gasteiger partial charge on any atom is 0.219 e. The lowest BCUT2D eigenvalue weighted by Crippen LogP contribution is -1.96. The van der Waals surface area contributed by atoms with E-state index in [1.165, 1.54) is 6.08 Å². The van der Waals surface area contributed by atoms with Crippen LogP contribution < -0.4 is 0 Å². The first-order valence-electron chi connectivity index (χ1n) is 4.58. The normalized spacial score (nSPS) is 12.4. The van der Waals surface area contributed by atoms with E-state index in [0.29, 0.717) is 22.9 Å². The molecule has 0 spiro atoms. The van der Waals surface area contributed by atoms with Crippen LogP contribution in [-0.4, -0.2) is 10.8 Å². The smallest absolute Gasteiger partial charge is 0.219 e. The van der Waals surface area contributed by atoms with Crippen LogP contribution in [0.5, 0.6) is 0 Å². The van der Waals surface area contributed by atoms with E-state index in [1.807, 2.05) is 18.2 Å². The second-order valence-electron chi connectivity index (χ2n) is 3.31. The summed E-state index contributed by atoms with van der Waals surface area (Å²) < 4.78 is 5.42. The number of ketones is 1. The number of carbonyl (C=O) groups excluding carboxylic acids is 1. The van der Waals surface area contributed by atoms with E-state index in [2.05, 4.69) is 11.6 Å². The molecule has 3 rings (SSSR count). The van der Waals surface area contributed by atoms with E-state index >= 15 is 0 Å². The minimum Gasteiger partial charge on any atom is -0.436 e. The van der Waals surface area contributed by atoms with E-state index in [9.17, 15) is 4.79 Å². The van der Waals surface area contributed by atoms with Gasteiger partial charge in [-0.3, -0.25) is 4.79 Å². The van der Waals surface area contributed by atoms with Gasteiger partial charge in [-0.1, -0.05) is 30.8 Å². The molecule has 0 bridgehead atoms. The van der Waals surface area contributed by atoms with E-state index in [0.717, 1.165) is 5.56 Å². The molecular weight excluding hydrogens is 190 g/mol. The molecule has 72 valence electrons. The first-order chi connectivity index (χ1) is 7.31. The fraction of sp³-hybridized carbons (Fsp3) is 0. The van der Waals surface area contributed by atoms with Crippen LogP contribution in [-0.2, 0) is 0 Å². The molecule has 0 N–H and O–H groups in total. The highest BCUT2D eigenvalue weighted by Gasteiger charge is 2.31. The highest BCUT2D eigenvalue weighted by atomic mass is 16.4. The van der Waals surface area contributed by atoms with Crippen molar-refractivity contribution < 1.29 is 9.21 Å². The zero-order valence-corrected chi connectivity index (χ0v) is 7.86. The molecule has 1 aromatic carbocycles. The van der Waals surface area contributed by atoms with Crippen LogP contribution in [0, 0.1) is 0 Å². The average molecular weight is 197 g/mol. The van der Waals surface area contributed by atoms with Crippen molar-refractivity contribution in [3.05, 3.63) is 48.0 Å². The van der Waals surface area contributed by atoms with Gasteiger partial charge in [0.05, 0.1) is 0 Å². The molecule has 0 saturated carbocycles. The summed E-state index contributed by atoms with van der Waals surface area (Å²) in [5.74, 6) is 0.880. The van der Waals surface area contributed by atoms with Crippen LogP contribution in [0.4, 0.5) is 0 Å². The van der Waals surface area contributed by atoms with Crippen molar-refractivity contribution in [1.82, 2.24) is 4.98 Å². The third-order valence-electron chi connectivity index (χ3n) is 2.45. The van der Waals surface area contributed by atoms with Gasteiger partial charge in [0, 0.05) is 11.1 Å². The van der Waals surface area contributed by atoms with Gasteiger partial charge in [0.15, 0.2) is 11.5 Å². The second-order valence-corrected chi connectivity index (χ2v) is 3.31. The maximum absolute atomic E-state index is 11.9. The van der Waals surface area contributed by atoms with Gasteiger partial charge in [-0.05, 0) is 6.08 Å². The largest absolute Gasteiger partial charge is 0.436 e. The van der Waals surface area contributed by atoms with Crippen molar-refractivity contribution in [1.29, 1.82) is 0 Å². The van der Waals surface area contributed by atoms with Crippen LogP contribution in [0.1, 0.15) is 21.9 Å². The molecule has 0 amide bonds. The number of hydrogen-bond donors (Lipinski definition) is 0. The van der Waals surface area contributed by atoms with Crippen molar-refractivity contribution in [2.45, 2.75) is 0 Å². The molecule has 0 saturated heterocycles. The number of hydrogen-bond acceptors (Lipinski definition) is 3. The minimum atomic E-state index is -0.0718. The van der Waals surface area contributed by atoms with Crippen molar-refractivity contribution >= 4 is 11.9 Å². The van der Waals surface area contributed by atoms with Crippen molar-refractivity contribution in [3.63, 3.8) is 0 Å². The van der Waals surface area contributed by atoms with Crippen LogP contribution in [0.2, 0.25) is 0 Å². The molecule has 1 aliphatic carbocycles. The Morgan fingerprint density at radius 1 is 1.27 bits per heavy atom. The van der Waals surface area contributed by atoms with Gasteiger partial charge in [0.1, 0.15) is 0 Å². The van der Waals surface area contributed by atoms with Crippen LogP contribution in [0.3, 0.4) is 0 Å². The molecule has 0 aliphatic heterocycles. The Kier molecular flexibility index (Phi) is 1.45. The fourth-order valence-electron chi connectivity index (χ4n) is 1.77. The van der Waals surface area contributed by atoms with Gasteiger partial charge in [0.2, 0.25) is 11.7 Å². The molecule has 1 heterocycles. The number of nitrogens with zero attached hydrogens (tertiary/aromatic N) is 1. The highest BCUT2D eigenvalue weighted by molar-refractivity contribution is 6.19. The highest BCUT2D eigenvalue weighted by Crippen LogP contribution is 2.36. The molecular formula is C12H7NO2. The van der Waals surface area contributed by atoms with E-state index < -0.39 is 0 Å². The van der Waals surface area contributed by atoms with Crippen molar-refractivity contribution in [2.75, 3.05) is 0 Å². The number of aromatic nitrogens is 1. The minimum absolute atomic E-state index is 0.0718. The van der Waals surface area contributed by atoms with Gasteiger partial charge in [0.25, 0.3) is 0 Å². The van der Waals surface area contributed by atoms with Crippen LogP contribution in [0.15, 0.2) is 35.3 Å². The summed E-state index contributed by atoms with van der Waals surface area (Å²) in [6.07, 6.45) is 1.49. The molecule has 1 aromatic heterocycles. The lowest BCUT2D eigenvalue weighted by atomic mass is 10.1. The first kappa shape index (κ1) is 8.17. The molecule has 3 nitrogen and oxygen atoms in total. The molecule has 15 heavy (non-hydrogen) atoms. The topological polar surface area (TPSA) is 43.1 Å². The first-order valence-corrected chi connectivity index (χ1v) is 4.58. The number of carbonyl (C=O) groups is 1. The van der Waals surface area contributed by atoms with E-state index in [4.69, 9.17) is 4.42 Å². The number of benzene rings is 1. The monoisotopic (exact) mass is 197 g/mol. The number of oxazole rings is 1. The molecule has 3 heteroatoms. The molecule has 0 unspecified atom stereocenters. The van der Waals surface area contributed by atoms with Gasteiger partial charge in [-0.2, -0.15) is 0 Å². The summed E-state index contributed by atoms with van der Waals surface area (Å²) >= 11 is 0. The third-order valence-corrected chi connectivity index (χ3v) is 2.45. The lowest BCUT2D eigenvalue weighted by molar-refractivity contribution is 0.103.